The van der Waals surface area contributed by atoms with E-state index in [0.717, 1.165) is 5.56 Å². The van der Waals surface area contributed by atoms with Gasteiger partial charge in [0, 0.05) is 25.3 Å². The molecule has 1 aliphatic heterocycles. The fourth-order valence-corrected chi connectivity index (χ4v) is 4.31. The van der Waals surface area contributed by atoms with E-state index >= 15 is 0 Å². The Kier molecular flexibility index (Phi) is 10.3. The molecular formula is C27H43N5O5. The number of amides is 4. The van der Waals surface area contributed by atoms with Gasteiger partial charge in [0.25, 0.3) is 0 Å². The Balaban J connectivity index is 2.09. The van der Waals surface area contributed by atoms with Crippen molar-refractivity contribution in [3.05, 3.63) is 29.8 Å². The van der Waals surface area contributed by atoms with Crippen molar-refractivity contribution in [2.75, 3.05) is 12.8 Å². The molecule has 1 aliphatic rings. The lowest BCUT2D eigenvalue weighted by molar-refractivity contribution is -0.143. The summed E-state index contributed by atoms with van der Waals surface area (Å²) in [6.45, 7) is 11.0. The molecule has 10 nitrogen and oxygen atoms in total. The summed E-state index contributed by atoms with van der Waals surface area (Å²) < 4.78 is 5.35. The quantitative estimate of drug-likeness (QED) is 0.431. The van der Waals surface area contributed by atoms with Crippen LogP contribution in [0.15, 0.2) is 24.3 Å². The molecule has 10 heteroatoms. The molecule has 0 aliphatic carbocycles. The van der Waals surface area contributed by atoms with Crippen LogP contribution >= 0.6 is 0 Å². The molecule has 0 aromatic heterocycles. The molecule has 1 aromatic rings. The second-order valence-electron chi connectivity index (χ2n) is 10.8. The average molecular weight is 518 g/mol. The van der Waals surface area contributed by atoms with Gasteiger partial charge in [0.1, 0.15) is 23.7 Å². The van der Waals surface area contributed by atoms with Crippen molar-refractivity contribution in [1.82, 2.24) is 20.4 Å². The van der Waals surface area contributed by atoms with Gasteiger partial charge in [-0.2, -0.15) is 0 Å². The van der Waals surface area contributed by atoms with Gasteiger partial charge in [0.05, 0.1) is 0 Å². The number of hydrogen-bond acceptors (Lipinski definition) is 6. The Morgan fingerprint density at radius 1 is 1.22 bits per heavy atom. The van der Waals surface area contributed by atoms with E-state index in [9.17, 15) is 19.2 Å². The third-order valence-corrected chi connectivity index (χ3v) is 6.48. The lowest BCUT2D eigenvalue weighted by atomic mass is 10.1. The highest BCUT2D eigenvalue weighted by Gasteiger charge is 2.41. The van der Waals surface area contributed by atoms with Gasteiger partial charge >= 0.3 is 6.09 Å². The van der Waals surface area contributed by atoms with Crippen molar-refractivity contribution in [1.29, 1.82) is 0 Å². The molecule has 0 bridgehead atoms. The van der Waals surface area contributed by atoms with Crippen LogP contribution in [0.2, 0.25) is 0 Å². The van der Waals surface area contributed by atoms with Crippen LogP contribution in [0.5, 0.6) is 0 Å². The molecule has 1 aromatic carbocycles. The molecule has 0 spiro atoms. The summed E-state index contributed by atoms with van der Waals surface area (Å²) in [5.74, 6) is -0.995. The van der Waals surface area contributed by atoms with Crippen LogP contribution in [-0.4, -0.2) is 70.4 Å². The van der Waals surface area contributed by atoms with Crippen LogP contribution in [0, 0.1) is 0 Å². The lowest BCUT2D eigenvalue weighted by Crippen LogP contribution is -2.57. The molecule has 4 N–H and O–H groups in total. The Bertz CT molecular complexity index is 976. The number of carbonyl (C=O) groups is 4. The van der Waals surface area contributed by atoms with E-state index in [-0.39, 0.29) is 17.9 Å². The molecule has 37 heavy (non-hydrogen) atoms. The molecule has 0 saturated carbocycles. The first-order valence-corrected chi connectivity index (χ1v) is 13.0. The predicted octanol–water partition coefficient (Wildman–Crippen LogP) is 2.80. The van der Waals surface area contributed by atoms with Crippen molar-refractivity contribution in [2.45, 2.75) is 104 Å². The fourth-order valence-electron chi connectivity index (χ4n) is 4.31. The monoisotopic (exact) mass is 517 g/mol. The Morgan fingerprint density at radius 2 is 1.89 bits per heavy atom. The molecule has 2 rings (SSSR count). The van der Waals surface area contributed by atoms with Gasteiger partial charge in [0.15, 0.2) is 0 Å². The number of benzene rings is 1. The zero-order chi connectivity index (χ0) is 27.9. The highest BCUT2D eigenvalue weighted by molar-refractivity contribution is 5.94. The Morgan fingerprint density at radius 3 is 2.49 bits per heavy atom. The van der Waals surface area contributed by atoms with Crippen molar-refractivity contribution < 1.29 is 23.9 Å². The van der Waals surface area contributed by atoms with Gasteiger partial charge in [-0.05, 0) is 71.6 Å². The average Bonchev–Trinajstić information content (AvgIpc) is 3.21. The standard InChI is InChI=1S/C27H43N5O5/c1-8-10-21(30-23(33)18(3)31(7)26(36)37-27(4,5)6)25(35)32-17(2)13-14-22(32)24(34)29-16-19-11-9-12-20(28)15-19/h9,11-12,15,17-18,21-22H,8,10,13-14,16,28H2,1-7H3,(H,29,34)(H,30,33)/t17-,18-,21-,22-/m0/s1. The number of likely N-dealkylation sites (tertiary alicyclic amines) is 1. The van der Waals surface area contributed by atoms with Gasteiger partial charge in [-0.15, -0.1) is 0 Å². The van der Waals surface area contributed by atoms with E-state index in [2.05, 4.69) is 10.6 Å². The SMILES string of the molecule is CCC[C@H](NC(=O)[C@H](C)N(C)C(=O)OC(C)(C)C)C(=O)N1[C@@H](C)CC[C@H]1C(=O)NCc1cccc(N)c1. The van der Waals surface area contributed by atoms with Crippen LogP contribution in [0.3, 0.4) is 0 Å². The van der Waals surface area contributed by atoms with Gasteiger partial charge in [0.2, 0.25) is 17.7 Å². The van der Waals surface area contributed by atoms with Crippen LogP contribution in [-0.2, 0) is 25.7 Å². The zero-order valence-corrected chi connectivity index (χ0v) is 23.2. The molecule has 1 heterocycles. The van der Waals surface area contributed by atoms with E-state index in [0.29, 0.717) is 37.9 Å². The summed E-state index contributed by atoms with van der Waals surface area (Å²) in [5, 5.41) is 5.73. The minimum absolute atomic E-state index is 0.145. The summed E-state index contributed by atoms with van der Waals surface area (Å²) >= 11 is 0. The molecule has 0 unspecified atom stereocenters. The fraction of sp³-hybridized carbons (Fsp3) is 0.630. The summed E-state index contributed by atoms with van der Waals surface area (Å²) in [6, 6.07) is 4.84. The topological polar surface area (TPSA) is 134 Å². The second-order valence-corrected chi connectivity index (χ2v) is 10.8. The third kappa shape index (κ3) is 8.36. The van der Waals surface area contributed by atoms with Crippen molar-refractivity contribution in [2.24, 2.45) is 0 Å². The largest absolute Gasteiger partial charge is 0.444 e. The minimum Gasteiger partial charge on any atom is -0.444 e. The number of rotatable bonds is 9. The summed E-state index contributed by atoms with van der Waals surface area (Å²) in [7, 11) is 1.48. The molecule has 4 atom stereocenters. The van der Waals surface area contributed by atoms with Gasteiger partial charge in [-0.3, -0.25) is 19.3 Å². The molecular weight excluding hydrogens is 474 g/mol. The highest BCUT2D eigenvalue weighted by atomic mass is 16.6. The number of likely N-dealkylation sites (N-methyl/N-ethyl adjacent to an activating group) is 1. The third-order valence-electron chi connectivity index (χ3n) is 6.48. The number of nitrogens with zero attached hydrogens (tertiary/aromatic N) is 2. The molecule has 4 amide bonds. The maximum absolute atomic E-state index is 13.6. The van der Waals surface area contributed by atoms with Crippen molar-refractivity contribution in [3.63, 3.8) is 0 Å². The van der Waals surface area contributed by atoms with Crippen LogP contribution in [0.1, 0.15) is 72.8 Å². The summed E-state index contributed by atoms with van der Waals surface area (Å²) in [4.78, 5) is 54.9. The van der Waals surface area contributed by atoms with E-state index in [1.807, 2.05) is 26.0 Å². The number of nitrogens with two attached hydrogens (primary N) is 1. The summed E-state index contributed by atoms with van der Waals surface area (Å²) in [6.07, 6.45) is 1.67. The van der Waals surface area contributed by atoms with Gasteiger partial charge in [-0.1, -0.05) is 25.5 Å². The highest BCUT2D eigenvalue weighted by Crippen LogP contribution is 2.26. The second kappa shape index (κ2) is 12.8. The number of hydrogen-bond donors (Lipinski definition) is 3. The number of anilines is 1. The van der Waals surface area contributed by atoms with Crippen molar-refractivity contribution >= 4 is 29.5 Å². The zero-order valence-electron chi connectivity index (χ0n) is 23.2. The first-order valence-electron chi connectivity index (χ1n) is 13.0. The summed E-state index contributed by atoms with van der Waals surface area (Å²) in [5.41, 5.74) is 6.61. The Hall–Kier alpha value is -3.30. The molecule has 0 radical (unpaired) electrons. The maximum atomic E-state index is 13.6. The van der Waals surface area contributed by atoms with E-state index in [1.54, 1.807) is 44.7 Å². The predicted molar refractivity (Wildman–Crippen MR) is 142 cm³/mol. The minimum atomic E-state index is -0.851. The number of nitrogen functional groups attached to an aromatic ring is 1. The number of carbonyl (C=O) groups excluding carboxylic acids is 4. The van der Waals surface area contributed by atoms with Crippen LogP contribution < -0.4 is 16.4 Å². The molecule has 1 saturated heterocycles. The maximum Gasteiger partial charge on any atom is 0.410 e. The first-order chi connectivity index (χ1) is 17.2. The smallest absolute Gasteiger partial charge is 0.410 e. The van der Waals surface area contributed by atoms with E-state index < -0.39 is 35.7 Å². The van der Waals surface area contributed by atoms with Gasteiger partial charge in [-0.25, -0.2) is 4.79 Å². The molecule has 206 valence electrons. The van der Waals surface area contributed by atoms with E-state index in [1.165, 1.54) is 11.9 Å². The van der Waals surface area contributed by atoms with Crippen molar-refractivity contribution in [3.8, 4) is 0 Å². The number of nitrogens with one attached hydrogen (secondary N) is 2. The lowest BCUT2D eigenvalue weighted by Gasteiger charge is -2.33. The molecule has 1 fully saturated rings. The van der Waals surface area contributed by atoms with Crippen LogP contribution in [0.25, 0.3) is 0 Å². The number of ether oxygens (including phenoxy) is 1. The first kappa shape index (κ1) is 29.9. The van der Waals surface area contributed by atoms with Crippen LogP contribution in [0.4, 0.5) is 10.5 Å². The van der Waals surface area contributed by atoms with E-state index in [4.69, 9.17) is 10.5 Å². The Labute approximate surface area is 220 Å². The van der Waals surface area contributed by atoms with Gasteiger partial charge < -0.3 is 26.0 Å². The normalized spacial score (nSPS) is 19.1.